The zero-order valence-corrected chi connectivity index (χ0v) is 11.0. The van der Waals surface area contributed by atoms with Gasteiger partial charge in [-0.1, -0.05) is 12.1 Å². The molecule has 1 fully saturated rings. The van der Waals surface area contributed by atoms with Crippen LogP contribution in [0.3, 0.4) is 0 Å². The highest BCUT2D eigenvalue weighted by Crippen LogP contribution is 2.13. The van der Waals surface area contributed by atoms with Gasteiger partial charge in [-0.15, -0.1) is 0 Å². The molecule has 1 aromatic rings. The van der Waals surface area contributed by atoms with E-state index in [2.05, 4.69) is 5.32 Å². The average molecular weight is 280 g/mol. The van der Waals surface area contributed by atoms with Crippen LogP contribution in [-0.4, -0.2) is 31.1 Å². The van der Waals surface area contributed by atoms with Crippen molar-refractivity contribution in [1.29, 1.82) is 0 Å². The quantitative estimate of drug-likeness (QED) is 0.818. The van der Waals surface area contributed by atoms with E-state index in [1.54, 1.807) is 12.1 Å². The molecule has 1 heterocycles. The fourth-order valence-electron chi connectivity index (χ4n) is 2.11. The van der Waals surface area contributed by atoms with Crippen molar-refractivity contribution in [3.05, 3.63) is 35.6 Å². The second-order valence-corrected chi connectivity index (χ2v) is 4.85. The van der Waals surface area contributed by atoms with Crippen molar-refractivity contribution in [2.75, 3.05) is 13.2 Å². The zero-order chi connectivity index (χ0) is 14.5. The van der Waals surface area contributed by atoms with Gasteiger partial charge in [0.25, 0.3) is 0 Å². The van der Waals surface area contributed by atoms with Gasteiger partial charge < -0.3 is 15.8 Å². The lowest BCUT2D eigenvalue weighted by Gasteiger charge is -2.17. The highest BCUT2D eigenvalue weighted by molar-refractivity contribution is 5.87. The molecular formula is C14H17FN2O3. The lowest BCUT2D eigenvalue weighted by molar-refractivity contribution is -0.129. The van der Waals surface area contributed by atoms with E-state index in [9.17, 15) is 14.0 Å². The molecule has 0 radical (unpaired) electrons. The van der Waals surface area contributed by atoms with Crippen LogP contribution in [0.1, 0.15) is 12.0 Å². The Balaban J connectivity index is 1.98. The first kappa shape index (κ1) is 14.5. The predicted molar refractivity (Wildman–Crippen MR) is 70.2 cm³/mol. The Morgan fingerprint density at radius 1 is 1.40 bits per heavy atom. The average Bonchev–Trinajstić information content (AvgIpc) is 2.94. The van der Waals surface area contributed by atoms with Crippen molar-refractivity contribution in [3.63, 3.8) is 0 Å². The number of hydrogen-bond acceptors (Lipinski definition) is 3. The molecule has 1 aromatic carbocycles. The van der Waals surface area contributed by atoms with Crippen molar-refractivity contribution in [2.45, 2.75) is 18.9 Å². The Bertz CT molecular complexity index is 484. The van der Waals surface area contributed by atoms with Crippen molar-refractivity contribution in [3.8, 4) is 0 Å². The summed E-state index contributed by atoms with van der Waals surface area (Å²) in [6, 6.07) is 4.94. The number of amides is 2. The highest BCUT2D eigenvalue weighted by Gasteiger charge is 2.27. The molecule has 3 N–H and O–H groups in total. The van der Waals surface area contributed by atoms with Gasteiger partial charge in [0, 0.05) is 13.0 Å². The first-order valence-corrected chi connectivity index (χ1v) is 6.48. The standard InChI is InChI=1S/C14H17FN2O3/c15-11-3-1-9(2-4-11)7-12(13(16)18)17-14(19)10-5-6-20-8-10/h1-4,10,12H,5-8H2,(H2,16,18)(H,17,19)/t10-,12-/m1/s1. The van der Waals surface area contributed by atoms with Gasteiger partial charge in [0.1, 0.15) is 11.9 Å². The Hall–Kier alpha value is -1.95. The maximum atomic E-state index is 12.8. The molecule has 5 nitrogen and oxygen atoms in total. The maximum Gasteiger partial charge on any atom is 0.240 e. The number of halogens is 1. The third kappa shape index (κ3) is 3.77. The summed E-state index contributed by atoms with van der Waals surface area (Å²) >= 11 is 0. The van der Waals surface area contributed by atoms with Crippen molar-refractivity contribution >= 4 is 11.8 Å². The van der Waals surface area contributed by atoms with Gasteiger partial charge >= 0.3 is 0 Å². The minimum atomic E-state index is -0.798. The van der Waals surface area contributed by atoms with Crippen LogP contribution in [0.4, 0.5) is 4.39 Å². The van der Waals surface area contributed by atoms with Gasteiger partial charge in [0.2, 0.25) is 11.8 Å². The van der Waals surface area contributed by atoms with E-state index in [4.69, 9.17) is 10.5 Å². The largest absolute Gasteiger partial charge is 0.381 e. The Labute approximate surface area is 116 Å². The first-order valence-electron chi connectivity index (χ1n) is 6.48. The van der Waals surface area contributed by atoms with Crippen LogP contribution < -0.4 is 11.1 Å². The SMILES string of the molecule is NC(=O)[C@@H](Cc1ccc(F)cc1)NC(=O)[C@@H]1CCOC1. The van der Waals surface area contributed by atoms with Crippen LogP contribution >= 0.6 is 0 Å². The first-order chi connectivity index (χ1) is 9.56. The molecule has 0 aliphatic carbocycles. The number of nitrogens with two attached hydrogens (primary N) is 1. The molecule has 0 spiro atoms. The number of nitrogens with one attached hydrogen (secondary N) is 1. The minimum absolute atomic E-state index is 0.228. The van der Waals surface area contributed by atoms with Gasteiger partial charge in [0.05, 0.1) is 12.5 Å². The summed E-state index contributed by atoms with van der Waals surface area (Å²) in [6.45, 7) is 0.922. The van der Waals surface area contributed by atoms with Gasteiger partial charge in [-0.25, -0.2) is 4.39 Å². The third-order valence-electron chi connectivity index (χ3n) is 3.31. The Morgan fingerprint density at radius 3 is 2.65 bits per heavy atom. The predicted octanol–water partition coefficient (Wildman–Crippen LogP) is 0.375. The van der Waals surface area contributed by atoms with Gasteiger partial charge in [0.15, 0.2) is 0 Å². The molecule has 20 heavy (non-hydrogen) atoms. The molecule has 1 aliphatic rings. The molecule has 0 unspecified atom stereocenters. The molecule has 2 rings (SSSR count). The monoisotopic (exact) mass is 280 g/mol. The van der Waals surface area contributed by atoms with Crippen LogP contribution in [-0.2, 0) is 20.7 Å². The zero-order valence-electron chi connectivity index (χ0n) is 11.0. The molecule has 1 aliphatic heterocycles. The molecular weight excluding hydrogens is 263 g/mol. The minimum Gasteiger partial charge on any atom is -0.381 e. The lowest BCUT2D eigenvalue weighted by Crippen LogP contribution is -2.48. The molecule has 6 heteroatoms. The number of ether oxygens (including phenoxy) is 1. The fourth-order valence-corrected chi connectivity index (χ4v) is 2.11. The number of carbonyl (C=O) groups is 2. The summed E-state index contributed by atoms with van der Waals surface area (Å²) in [5.41, 5.74) is 6.04. The van der Waals surface area contributed by atoms with E-state index in [0.717, 1.165) is 5.56 Å². The Morgan fingerprint density at radius 2 is 2.10 bits per heavy atom. The van der Waals surface area contributed by atoms with Crippen LogP contribution in [0.15, 0.2) is 24.3 Å². The lowest BCUT2D eigenvalue weighted by atomic mass is 10.0. The van der Waals surface area contributed by atoms with Crippen LogP contribution in [0.2, 0.25) is 0 Å². The molecule has 2 atom stereocenters. The fraction of sp³-hybridized carbons (Fsp3) is 0.429. The van der Waals surface area contributed by atoms with Crippen LogP contribution in [0.25, 0.3) is 0 Å². The van der Waals surface area contributed by atoms with Crippen molar-refractivity contribution < 1.29 is 18.7 Å². The molecule has 108 valence electrons. The van der Waals surface area contributed by atoms with E-state index >= 15 is 0 Å². The van der Waals surface area contributed by atoms with Crippen LogP contribution in [0.5, 0.6) is 0 Å². The molecule has 2 amide bonds. The van der Waals surface area contributed by atoms with Crippen LogP contribution in [0, 0.1) is 11.7 Å². The highest BCUT2D eigenvalue weighted by atomic mass is 19.1. The maximum absolute atomic E-state index is 12.8. The topological polar surface area (TPSA) is 81.4 Å². The normalized spacial score (nSPS) is 19.6. The van der Waals surface area contributed by atoms with Crippen molar-refractivity contribution in [1.82, 2.24) is 5.32 Å². The Kier molecular flexibility index (Phi) is 4.68. The number of primary amides is 1. The number of hydrogen-bond donors (Lipinski definition) is 2. The summed E-state index contributed by atoms with van der Waals surface area (Å²) < 4.78 is 18.0. The summed E-state index contributed by atoms with van der Waals surface area (Å²) in [5, 5.41) is 2.63. The summed E-state index contributed by atoms with van der Waals surface area (Å²) in [7, 11) is 0. The summed E-state index contributed by atoms with van der Waals surface area (Å²) in [5.74, 6) is -1.42. The molecule has 0 aromatic heterocycles. The van der Waals surface area contributed by atoms with Gasteiger partial charge in [-0.3, -0.25) is 9.59 Å². The summed E-state index contributed by atoms with van der Waals surface area (Å²) in [6.07, 6.45) is 0.892. The second kappa shape index (κ2) is 6.47. The third-order valence-corrected chi connectivity index (χ3v) is 3.31. The van der Waals surface area contributed by atoms with E-state index < -0.39 is 11.9 Å². The van der Waals surface area contributed by atoms with Gasteiger partial charge in [-0.05, 0) is 24.1 Å². The van der Waals surface area contributed by atoms with E-state index in [1.807, 2.05) is 0 Å². The molecule has 1 saturated heterocycles. The number of rotatable bonds is 5. The number of carbonyl (C=O) groups excluding carboxylic acids is 2. The molecule has 0 bridgehead atoms. The van der Waals surface area contributed by atoms with E-state index in [1.165, 1.54) is 12.1 Å². The van der Waals surface area contributed by atoms with E-state index in [-0.39, 0.29) is 24.1 Å². The van der Waals surface area contributed by atoms with Gasteiger partial charge in [-0.2, -0.15) is 0 Å². The summed E-state index contributed by atoms with van der Waals surface area (Å²) in [4.78, 5) is 23.4. The second-order valence-electron chi connectivity index (χ2n) is 4.85. The van der Waals surface area contributed by atoms with Crippen molar-refractivity contribution in [2.24, 2.45) is 11.7 Å². The number of benzene rings is 1. The smallest absolute Gasteiger partial charge is 0.240 e. The molecule has 0 saturated carbocycles. The van der Waals surface area contributed by atoms with E-state index in [0.29, 0.717) is 19.6 Å².